The first-order valence-electron chi connectivity index (χ1n) is 2.31. The fourth-order valence-corrected chi connectivity index (χ4v) is 0.475. The minimum atomic E-state index is -0.964. The summed E-state index contributed by atoms with van der Waals surface area (Å²) in [6, 6.07) is 0. The molecular weight excluding hydrogens is 112 g/mol. The molecule has 0 unspecified atom stereocenters. The van der Waals surface area contributed by atoms with E-state index in [-0.39, 0.29) is 5.48 Å². The molecule has 0 saturated carbocycles. The number of ether oxygens (including phenoxy) is 2. The first-order chi connectivity index (χ1) is 3.39. The minimum absolute atomic E-state index is 0. The summed E-state index contributed by atoms with van der Waals surface area (Å²) in [5, 5.41) is 8.46. The highest BCUT2D eigenvalue weighted by Crippen LogP contribution is 1.99. The van der Waals surface area contributed by atoms with Crippen LogP contribution < -0.4 is 0 Å². The molecule has 1 fully saturated rings. The van der Waals surface area contributed by atoms with E-state index >= 15 is 0 Å². The molecule has 0 aromatic rings. The van der Waals surface area contributed by atoms with E-state index in [1.165, 1.54) is 0 Å². The summed E-state index contributed by atoms with van der Waals surface area (Å²) in [5.41, 5.74) is 0. The molecule has 0 amide bonds. The van der Waals surface area contributed by atoms with Gasteiger partial charge in [0.2, 0.25) is 0 Å². The van der Waals surface area contributed by atoms with Gasteiger partial charge >= 0.3 is 0 Å². The molecule has 8 heavy (non-hydrogen) atoms. The van der Waals surface area contributed by atoms with Crippen LogP contribution in [0.25, 0.3) is 0 Å². The van der Waals surface area contributed by atoms with Gasteiger partial charge in [-0.1, -0.05) is 0 Å². The number of hydrogen-bond acceptors (Lipinski definition) is 3. The quantitative estimate of drug-likeness (QED) is 0.442. The lowest BCUT2D eigenvalue weighted by molar-refractivity contribution is -0.287. The van der Waals surface area contributed by atoms with E-state index in [1.54, 1.807) is 0 Å². The third-order valence-corrected chi connectivity index (χ3v) is 0.810. The van der Waals surface area contributed by atoms with Crippen molar-refractivity contribution in [2.45, 2.75) is 12.9 Å². The fraction of sp³-hybridized carbons (Fsp3) is 1.00. The number of aliphatic hydroxyl groups is 1. The lowest BCUT2D eigenvalue weighted by Crippen LogP contribution is -2.23. The van der Waals surface area contributed by atoms with Gasteiger partial charge in [-0.2, -0.15) is 0 Å². The number of hydrogen-bond donors (Lipinski definition) is 1. The molecule has 1 aliphatic heterocycles. The Balaban J connectivity index is 0.000000490. The molecule has 0 radical (unpaired) electrons. The van der Waals surface area contributed by atoms with Crippen molar-refractivity contribution in [2.24, 2.45) is 0 Å². The van der Waals surface area contributed by atoms with Gasteiger partial charge in [0, 0.05) is 0 Å². The monoisotopic (exact) mass is 122 g/mol. The zero-order chi connectivity index (χ0) is 5.11. The zero-order valence-corrected chi connectivity index (χ0v) is 4.46. The summed E-state index contributed by atoms with van der Waals surface area (Å²) in [7, 11) is 0. The van der Waals surface area contributed by atoms with Gasteiger partial charge in [0.1, 0.15) is 0 Å². The van der Waals surface area contributed by atoms with Gasteiger partial charge in [-0.3, -0.25) is 0 Å². The largest absolute Gasteiger partial charge is 0.412 e. The van der Waals surface area contributed by atoms with Crippen molar-refractivity contribution in [3.8, 4) is 0 Å². The van der Waals surface area contributed by atoms with E-state index in [0.717, 1.165) is 6.42 Å². The predicted octanol–water partition coefficient (Wildman–Crippen LogP) is -1.13. The summed E-state index contributed by atoms with van der Waals surface area (Å²) in [4.78, 5) is 0. The Hall–Kier alpha value is -0.160. The Bertz CT molecular complexity index is 50.0. The van der Waals surface area contributed by atoms with Crippen LogP contribution in [0.4, 0.5) is 0 Å². The Kier molecular flexibility index (Phi) is 3.72. The van der Waals surface area contributed by atoms with Crippen LogP contribution in [0.1, 0.15) is 6.42 Å². The Morgan fingerprint density at radius 3 is 2.00 bits per heavy atom. The molecule has 4 nitrogen and oxygen atoms in total. The van der Waals surface area contributed by atoms with Crippen molar-refractivity contribution in [2.75, 3.05) is 13.2 Å². The molecule has 0 aromatic heterocycles. The van der Waals surface area contributed by atoms with Crippen molar-refractivity contribution in [3.05, 3.63) is 0 Å². The van der Waals surface area contributed by atoms with Gasteiger partial charge in [-0.25, -0.2) is 0 Å². The van der Waals surface area contributed by atoms with Crippen LogP contribution in [0.15, 0.2) is 0 Å². The van der Waals surface area contributed by atoms with Gasteiger partial charge < -0.3 is 20.1 Å². The molecule has 0 aromatic carbocycles. The molecule has 1 heterocycles. The second-order valence-corrected chi connectivity index (χ2v) is 1.40. The molecule has 0 aliphatic carbocycles. The molecule has 0 atom stereocenters. The van der Waals surface area contributed by atoms with Crippen molar-refractivity contribution in [1.29, 1.82) is 0 Å². The molecule has 1 aliphatic rings. The van der Waals surface area contributed by atoms with Gasteiger partial charge in [-0.15, -0.1) is 0 Å². The highest BCUT2D eigenvalue weighted by atomic mass is 16.8. The van der Waals surface area contributed by atoms with Crippen molar-refractivity contribution < 1.29 is 20.1 Å². The van der Waals surface area contributed by atoms with E-state index < -0.39 is 6.48 Å². The Morgan fingerprint density at radius 1 is 1.25 bits per heavy atom. The van der Waals surface area contributed by atoms with Crippen LogP contribution in [0.3, 0.4) is 0 Å². The highest BCUT2D eigenvalue weighted by molar-refractivity contribution is 4.38. The van der Waals surface area contributed by atoms with E-state index in [9.17, 15) is 0 Å². The van der Waals surface area contributed by atoms with E-state index in [4.69, 9.17) is 5.11 Å². The zero-order valence-electron chi connectivity index (χ0n) is 4.46. The predicted molar refractivity (Wildman–Crippen MR) is 26.1 cm³/mol. The fourth-order valence-electron chi connectivity index (χ4n) is 0.475. The van der Waals surface area contributed by atoms with Crippen LogP contribution in [-0.4, -0.2) is 30.3 Å². The Morgan fingerprint density at radius 2 is 1.75 bits per heavy atom. The summed E-state index contributed by atoms with van der Waals surface area (Å²) in [6.07, 6.45) is 0.886. The number of rotatable bonds is 0. The van der Waals surface area contributed by atoms with Crippen molar-refractivity contribution in [3.63, 3.8) is 0 Å². The minimum Gasteiger partial charge on any atom is -0.412 e. The highest BCUT2D eigenvalue weighted by Gasteiger charge is 2.07. The Labute approximate surface area is 47.3 Å². The molecule has 50 valence electrons. The molecule has 1 saturated heterocycles. The van der Waals surface area contributed by atoms with Gasteiger partial charge in [0.25, 0.3) is 6.48 Å². The van der Waals surface area contributed by atoms with Gasteiger partial charge in [0.05, 0.1) is 13.2 Å². The standard InChI is InChI=1S/C4H8O3.H2O/c5-4-6-2-1-3-7-4;/h4-5H,1-3H2;1H2. The van der Waals surface area contributed by atoms with Gasteiger partial charge in [0.15, 0.2) is 0 Å². The maximum absolute atomic E-state index is 8.46. The second-order valence-electron chi connectivity index (χ2n) is 1.40. The molecule has 1 rings (SSSR count). The molecule has 0 bridgehead atoms. The topological polar surface area (TPSA) is 70.2 Å². The van der Waals surface area contributed by atoms with Gasteiger partial charge in [-0.05, 0) is 6.42 Å². The van der Waals surface area contributed by atoms with Crippen molar-refractivity contribution in [1.82, 2.24) is 0 Å². The maximum Gasteiger partial charge on any atom is 0.269 e. The third kappa shape index (κ3) is 2.23. The third-order valence-electron chi connectivity index (χ3n) is 0.810. The van der Waals surface area contributed by atoms with Crippen LogP contribution >= 0.6 is 0 Å². The summed E-state index contributed by atoms with van der Waals surface area (Å²) in [6.45, 7) is 0.260. The summed E-state index contributed by atoms with van der Waals surface area (Å²) in [5.74, 6) is 0. The molecule has 0 spiro atoms. The summed E-state index contributed by atoms with van der Waals surface area (Å²) < 4.78 is 9.22. The van der Waals surface area contributed by atoms with Crippen LogP contribution in [0.5, 0.6) is 0 Å². The molecule has 4 heteroatoms. The average molecular weight is 122 g/mol. The normalized spacial score (nSPS) is 22.1. The van der Waals surface area contributed by atoms with Crippen LogP contribution in [0, 0.1) is 0 Å². The van der Waals surface area contributed by atoms with E-state index in [0.29, 0.717) is 13.2 Å². The van der Waals surface area contributed by atoms with Crippen LogP contribution in [0.2, 0.25) is 0 Å². The average Bonchev–Trinajstić information content (AvgIpc) is 1.69. The van der Waals surface area contributed by atoms with E-state index in [1.807, 2.05) is 0 Å². The first kappa shape index (κ1) is 7.84. The lowest BCUT2D eigenvalue weighted by atomic mass is 10.5. The SMILES string of the molecule is O.OC1OCCCO1. The number of aliphatic hydroxyl groups excluding tert-OH is 1. The maximum atomic E-state index is 8.46. The lowest BCUT2D eigenvalue weighted by Gasteiger charge is -2.16. The molecular formula is C4H10O4. The van der Waals surface area contributed by atoms with E-state index in [2.05, 4.69) is 9.47 Å². The summed E-state index contributed by atoms with van der Waals surface area (Å²) >= 11 is 0. The van der Waals surface area contributed by atoms with Crippen molar-refractivity contribution >= 4 is 0 Å². The smallest absolute Gasteiger partial charge is 0.269 e. The van der Waals surface area contributed by atoms with Crippen LogP contribution in [-0.2, 0) is 9.47 Å². The molecule has 3 N–H and O–H groups in total. The second kappa shape index (κ2) is 3.80. The first-order valence-corrected chi connectivity index (χ1v) is 2.31.